The molecule has 0 aliphatic carbocycles. The van der Waals surface area contributed by atoms with Crippen LogP contribution in [0.5, 0.6) is 11.5 Å². The summed E-state index contributed by atoms with van der Waals surface area (Å²) in [6, 6.07) is 23.4. The Morgan fingerprint density at radius 2 is 0.971 bits per heavy atom. The zero-order valence-corrected chi connectivity index (χ0v) is 23.8. The molecule has 0 unspecified atom stereocenters. The monoisotopic (exact) mass is 522 g/mol. The van der Waals surface area contributed by atoms with E-state index < -0.39 is 20.8 Å². The zero-order chi connectivity index (χ0) is 23.5. The van der Waals surface area contributed by atoms with E-state index in [1.165, 1.54) is 0 Å². The molecule has 0 aliphatic rings. The summed E-state index contributed by atoms with van der Waals surface area (Å²) >= 11 is 0. The molecule has 0 bridgehead atoms. The fourth-order valence-electron chi connectivity index (χ4n) is 3.19. The van der Waals surface area contributed by atoms with Gasteiger partial charge in [0.15, 0.2) is 0 Å². The second-order valence-corrected chi connectivity index (χ2v) is 8.83. The molecule has 0 aromatic heterocycles. The Balaban J connectivity index is 0.000000456. The fourth-order valence-corrected chi connectivity index (χ4v) is 4.01. The van der Waals surface area contributed by atoms with Gasteiger partial charge in [0.2, 0.25) is 20.8 Å². The summed E-state index contributed by atoms with van der Waals surface area (Å²) in [7, 11) is -10.9. The van der Waals surface area contributed by atoms with Gasteiger partial charge in [-0.05, 0) is 21.9 Å². The van der Waals surface area contributed by atoms with Gasteiger partial charge in [-0.15, -0.1) is 0 Å². The summed E-state index contributed by atoms with van der Waals surface area (Å²) in [5.74, 6) is 0.575. The number of phenols is 2. The standard InChI is InChI=1S/C21H16O2.2Na.H2O7S2/c22-20-16(11-9-14-5-1-3-7-18(14)20)13-17-12-10-15-6-2-4-8-19(15)21(17)23;;;1-8(2,3)7-9(4,5)6/h1-12,22-23H,13H2;;;(H,1,2,3)(H,4,5,6)/q;2*+1;/p-2. The quantitative estimate of drug-likeness (QED) is 0.161. The van der Waals surface area contributed by atoms with Gasteiger partial charge in [0, 0.05) is 17.2 Å². The summed E-state index contributed by atoms with van der Waals surface area (Å²) < 4.78 is 58.2. The van der Waals surface area contributed by atoms with Crippen molar-refractivity contribution in [1.82, 2.24) is 0 Å². The minimum atomic E-state index is -5.43. The molecule has 168 valence electrons. The van der Waals surface area contributed by atoms with Crippen LogP contribution in [-0.2, 0) is 30.8 Å². The van der Waals surface area contributed by atoms with E-state index in [4.69, 9.17) is 0 Å². The molecular weight excluding hydrogens is 506 g/mol. The van der Waals surface area contributed by atoms with Crippen molar-refractivity contribution in [3.63, 3.8) is 0 Å². The molecule has 34 heavy (non-hydrogen) atoms. The van der Waals surface area contributed by atoms with Crippen LogP contribution >= 0.6 is 0 Å². The molecule has 9 nitrogen and oxygen atoms in total. The first kappa shape index (κ1) is 30.8. The minimum absolute atomic E-state index is 0. The van der Waals surface area contributed by atoms with E-state index in [9.17, 15) is 36.2 Å². The van der Waals surface area contributed by atoms with Crippen LogP contribution in [-0.4, -0.2) is 36.2 Å². The van der Waals surface area contributed by atoms with E-state index in [1.54, 1.807) is 0 Å². The van der Waals surface area contributed by atoms with E-state index in [1.807, 2.05) is 72.8 Å². The smallest absolute Gasteiger partial charge is 0.725 e. The number of fused-ring (bicyclic) bond motifs is 2. The predicted molar refractivity (Wildman–Crippen MR) is 115 cm³/mol. The Morgan fingerprint density at radius 3 is 1.29 bits per heavy atom. The first-order chi connectivity index (χ1) is 14.9. The first-order valence-corrected chi connectivity index (χ1v) is 11.6. The van der Waals surface area contributed by atoms with Crippen molar-refractivity contribution in [3.8, 4) is 11.5 Å². The van der Waals surface area contributed by atoms with Crippen LogP contribution in [0.2, 0.25) is 0 Å². The van der Waals surface area contributed by atoms with Crippen LogP contribution in [0.15, 0.2) is 72.8 Å². The van der Waals surface area contributed by atoms with E-state index in [0.29, 0.717) is 6.42 Å². The zero-order valence-electron chi connectivity index (χ0n) is 18.2. The second kappa shape index (κ2) is 12.7. The molecule has 0 saturated heterocycles. The molecular formula is C21H16Na2O9S2. The summed E-state index contributed by atoms with van der Waals surface area (Å²) in [6.45, 7) is 0. The molecule has 0 heterocycles. The molecule has 0 spiro atoms. The number of aromatic hydroxyl groups is 2. The normalized spacial score (nSPS) is 11.1. The van der Waals surface area contributed by atoms with Crippen LogP contribution < -0.4 is 59.1 Å². The number of hydrogen-bond donors (Lipinski definition) is 2. The van der Waals surface area contributed by atoms with Crippen LogP contribution in [0.25, 0.3) is 21.5 Å². The summed E-state index contributed by atoms with van der Waals surface area (Å²) in [6.07, 6.45) is 0.493. The second-order valence-electron chi connectivity index (χ2n) is 6.65. The van der Waals surface area contributed by atoms with Gasteiger partial charge in [0.25, 0.3) is 0 Å². The van der Waals surface area contributed by atoms with Crippen molar-refractivity contribution in [3.05, 3.63) is 83.9 Å². The van der Waals surface area contributed by atoms with Crippen molar-refractivity contribution in [2.45, 2.75) is 6.42 Å². The third-order valence-corrected chi connectivity index (χ3v) is 5.85. The maximum absolute atomic E-state index is 10.5. The maximum Gasteiger partial charge on any atom is 1.00 e. The molecule has 0 amide bonds. The van der Waals surface area contributed by atoms with Crippen molar-refractivity contribution in [2.24, 2.45) is 0 Å². The molecule has 4 rings (SSSR count). The molecule has 0 atom stereocenters. The molecule has 0 fully saturated rings. The third-order valence-electron chi connectivity index (χ3n) is 4.52. The van der Waals surface area contributed by atoms with Crippen LogP contribution in [0.1, 0.15) is 11.1 Å². The van der Waals surface area contributed by atoms with Crippen molar-refractivity contribution in [1.29, 1.82) is 0 Å². The van der Waals surface area contributed by atoms with Gasteiger partial charge in [-0.25, -0.2) is 16.8 Å². The molecule has 4 aromatic rings. The summed E-state index contributed by atoms with van der Waals surface area (Å²) in [5, 5.41) is 24.8. The molecule has 0 aliphatic heterocycles. The molecule has 0 saturated carbocycles. The minimum Gasteiger partial charge on any atom is -0.725 e. The van der Waals surface area contributed by atoms with Gasteiger partial charge in [-0.2, -0.15) is 3.63 Å². The number of rotatable bonds is 4. The van der Waals surface area contributed by atoms with Gasteiger partial charge in [0.1, 0.15) is 11.5 Å². The predicted octanol–water partition coefficient (Wildman–Crippen LogP) is -3.07. The largest absolute Gasteiger partial charge is 1.00 e. The van der Waals surface area contributed by atoms with Crippen LogP contribution in [0.4, 0.5) is 0 Å². The summed E-state index contributed by atoms with van der Waals surface area (Å²) in [5.41, 5.74) is 1.63. The fraction of sp³-hybridized carbons (Fsp3) is 0.0476. The number of benzene rings is 4. The summed E-state index contributed by atoms with van der Waals surface area (Å²) in [4.78, 5) is 0. The number of hydrogen-bond acceptors (Lipinski definition) is 9. The van der Waals surface area contributed by atoms with E-state index in [2.05, 4.69) is 3.63 Å². The Bertz CT molecular complexity index is 1390. The SMILES string of the molecule is O=S(=O)([O-])OS(=O)(=O)[O-].Oc1c(Cc2ccc3ccccc3c2O)ccc2ccccc12.[Na+].[Na+]. The van der Waals surface area contributed by atoms with E-state index in [0.717, 1.165) is 32.7 Å². The number of phenolic OH excluding ortho intramolecular Hbond substituents is 2. The van der Waals surface area contributed by atoms with E-state index in [-0.39, 0.29) is 70.6 Å². The third kappa shape index (κ3) is 8.47. The maximum atomic E-state index is 10.5. The van der Waals surface area contributed by atoms with Gasteiger partial charge in [-0.3, -0.25) is 0 Å². The van der Waals surface area contributed by atoms with Crippen molar-refractivity contribution < 1.29 is 98.9 Å². The average Bonchev–Trinajstić information content (AvgIpc) is 2.70. The van der Waals surface area contributed by atoms with Gasteiger partial charge in [0.05, 0.1) is 0 Å². The Kier molecular flexibility index (Phi) is 11.5. The van der Waals surface area contributed by atoms with Crippen molar-refractivity contribution in [2.75, 3.05) is 0 Å². The topological polar surface area (TPSA) is 164 Å². The molecule has 4 aromatic carbocycles. The Morgan fingerprint density at radius 1 is 0.618 bits per heavy atom. The van der Waals surface area contributed by atoms with Crippen LogP contribution in [0.3, 0.4) is 0 Å². The molecule has 2 N–H and O–H groups in total. The van der Waals surface area contributed by atoms with Gasteiger partial charge in [-0.1, -0.05) is 72.8 Å². The Hall–Kier alpha value is -1.22. The van der Waals surface area contributed by atoms with Gasteiger partial charge >= 0.3 is 59.1 Å². The first-order valence-electron chi connectivity index (χ1n) is 8.96. The molecule has 13 heteroatoms. The average molecular weight is 522 g/mol. The molecule has 0 radical (unpaired) electrons. The van der Waals surface area contributed by atoms with Crippen LogP contribution in [0, 0.1) is 0 Å². The van der Waals surface area contributed by atoms with Crippen molar-refractivity contribution >= 4 is 42.3 Å². The van der Waals surface area contributed by atoms with Gasteiger partial charge < -0.3 is 19.3 Å². The Labute approximate surface area is 240 Å². The van der Waals surface area contributed by atoms with E-state index >= 15 is 0 Å².